The van der Waals surface area contributed by atoms with Crippen molar-refractivity contribution >= 4 is 45.1 Å². The van der Waals surface area contributed by atoms with E-state index >= 15 is 0 Å². The van der Waals surface area contributed by atoms with E-state index in [1.54, 1.807) is 41.1 Å². The number of halogens is 4. The molecule has 3 heterocycles. The molecule has 0 saturated heterocycles. The first kappa shape index (κ1) is 21.7. The number of alkyl halides is 2. The van der Waals surface area contributed by atoms with E-state index in [1.165, 1.54) is 11.6 Å². The third kappa shape index (κ3) is 3.43. The Hall–Kier alpha value is -3.16. The smallest absolute Gasteiger partial charge is 0.297 e. The fraction of sp³-hybridized carbons (Fsp3) is 0.167. The van der Waals surface area contributed by atoms with Crippen molar-refractivity contribution < 1.29 is 8.78 Å². The topological polar surface area (TPSA) is 44.8 Å². The molecule has 0 unspecified atom stereocenters. The summed E-state index contributed by atoms with van der Waals surface area (Å²) < 4.78 is 32.3. The number of pyridine rings is 1. The van der Waals surface area contributed by atoms with Crippen LogP contribution in [0.25, 0.3) is 44.3 Å². The van der Waals surface area contributed by atoms with Crippen molar-refractivity contribution in [3.05, 3.63) is 75.1 Å². The number of rotatable bonds is 4. The lowest BCUT2D eigenvalue weighted by Crippen LogP contribution is -2.21. The summed E-state index contributed by atoms with van der Waals surface area (Å²) in [5.41, 5.74) is 2.35. The average molecular weight is 487 g/mol. The summed E-state index contributed by atoms with van der Waals surface area (Å²) in [5.74, 6) is 0. The third-order valence-corrected chi connectivity index (χ3v) is 6.38. The maximum absolute atomic E-state index is 14.2. The van der Waals surface area contributed by atoms with Crippen molar-refractivity contribution in [2.75, 3.05) is 0 Å². The van der Waals surface area contributed by atoms with E-state index in [-0.39, 0.29) is 5.65 Å². The van der Waals surface area contributed by atoms with Crippen LogP contribution in [-0.4, -0.2) is 18.9 Å². The van der Waals surface area contributed by atoms with E-state index in [0.29, 0.717) is 37.5 Å². The number of aryl methyl sites for hydroxylation is 2. The molecule has 2 aromatic carbocycles. The van der Waals surface area contributed by atoms with Crippen molar-refractivity contribution in [1.82, 2.24) is 18.9 Å². The Morgan fingerprint density at radius 2 is 1.79 bits per heavy atom. The molecule has 5 aromatic rings. The Bertz CT molecular complexity index is 1600. The summed E-state index contributed by atoms with van der Waals surface area (Å²) in [6, 6.07) is 13.6. The molecular weight excluding hydrogens is 469 g/mol. The van der Waals surface area contributed by atoms with Gasteiger partial charge in [0.1, 0.15) is 5.65 Å². The van der Waals surface area contributed by atoms with Gasteiger partial charge in [-0.1, -0.05) is 35.3 Å². The molecule has 0 spiro atoms. The first-order valence-corrected chi connectivity index (χ1v) is 11.0. The van der Waals surface area contributed by atoms with Crippen molar-refractivity contribution in [1.29, 1.82) is 0 Å². The molecule has 0 aliphatic rings. The van der Waals surface area contributed by atoms with Crippen molar-refractivity contribution in [3.8, 4) is 22.4 Å². The fourth-order valence-corrected chi connectivity index (χ4v) is 4.75. The van der Waals surface area contributed by atoms with Gasteiger partial charge in [-0.2, -0.15) is 13.9 Å². The van der Waals surface area contributed by atoms with Crippen molar-refractivity contribution in [2.24, 2.45) is 7.05 Å². The van der Waals surface area contributed by atoms with E-state index < -0.39 is 12.1 Å². The maximum Gasteiger partial charge on any atom is 0.320 e. The Balaban J connectivity index is 1.86. The van der Waals surface area contributed by atoms with Gasteiger partial charge < -0.3 is 0 Å². The van der Waals surface area contributed by atoms with Gasteiger partial charge in [-0.25, -0.2) is 0 Å². The highest BCUT2D eigenvalue weighted by atomic mass is 35.5. The zero-order valence-corrected chi connectivity index (χ0v) is 19.2. The predicted octanol–water partition coefficient (Wildman–Crippen LogP) is 6.75. The number of fused-ring (bicyclic) bond motifs is 3. The van der Waals surface area contributed by atoms with Gasteiger partial charge in [-0.05, 0) is 43.3 Å². The first-order chi connectivity index (χ1) is 15.8. The lowest BCUT2D eigenvalue weighted by atomic mass is 10.0. The summed E-state index contributed by atoms with van der Waals surface area (Å²) in [6.07, 6.45) is 1.87. The van der Waals surface area contributed by atoms with Crippen LogP contribution in [0.1, 0.15) is 13.5 Å². The average Bonchev–Trinajstić information content (AvgIpc) is 3.39. The molecule has 0 aliphatic heterocycles. The van der Waals surface area contributed by atoms with Crippen LogP contribution < -0.4 is 5.56 Å². The zero-order valence-electron chi connectivity index (χ0n) is 17.7. The second kappa shape index (κ2) is 8.01. The van der Waals surface area contributed by atoms with Crippen LogP contribution >= 0.6 is 23.2 Å². The van der Waals surface area contributed by atoms with E-state index in [4.69, 9.17) is 23.2 Å². The predicted molar refractivity (Wildman–Crippen MR) is 128 cm³/mol. The molecule has 0 fully saturated rings. The monoisotopic (exact) mass is 486 g/mol. The molecule has 0 bridgehead atoms. The highest BCUT2D eigenvalue weighted by Gasteiger charge is 2.23. The van der Waals surface area contributed by atoms with E-state index in [2.05, 4.69) is 5.10 Å². The second-order valence-electron chi connectivity index (χ2n) is 7.72. The van der Waals surface area contributed by atoms with Crippen LogP contribution in [0.5, 0.6) is 0 Å². The first-order valence-electron chi connectivity index (χ1n) is 10.2. The SMILES string of the molecule is CCn1ccc(-c2ccc3c(c2)c2cc(-c4ccc(Cl)cc4Cl)c(=O)n(C)c2n3C(F)F)n1. The lowest BCUT2D eigenvalue weighted by Gasteiger charge is -2.11. The Morgan fingerprint density at radius 3 is 2.45 bits per heavy atom. The Labute approximate surface area is 197 Å². The van der Waals surface area contributed by atoms with Crippen molar-refractivity contribution in [2.45, 2.75) is 20.0 Å². The Kier molecular flexibility index (Phi) is 5.26. The number of aromatic nitrogens is 4. The van der Waals surface area contributed by atoms with Gasteiger partial charge in [0.25, 0.3) is 5.56 Å². The summed E-state index contributed by atoms with van der Waals surface area (Å²) in [7, 11) is 1.49. The van der Waals surface area contributed by atoms with Gasteiger partial charge in [-0.3, -0.25) is 18.6 Å². The normalized spacial score (nSPS) is 11.8. The minimum atomic E-state index is -2.83. The van der Waals surface area contributed by atoms with Crippen LogP contribution in [0.15, 0.2) is 59.5 Å². The van der Waals surface area contributed by atoms with Crippen LogP contribution in [-0.2, 0) is 13.6 Å². The number of nitrogens with zero attached hydrogens (tertiary/aromatic N) is 4. The van der Waals surface area contributed by atoms with Crippen LogP contribution in [0.3, 0.4) is 0 Å². The van der Waals surface area contributed by atoms with E-state index in [1.807, 2.05) is 25.3 Å². The largest absolute Gasteiger partial charge is 0.320 e. The van der Waals surface area contributed by atoms with Crippen molar-refractivity contribution in [3.63, 3.8) is 0 Å². The molecule has 0 radical (unpaired) electrons. The fourth-order valence-electron chi connectivity index (χ4n) is 4.24. The number of hydrogen-bond acceptors (Lipinski definition) is 2. The number of benzene rings is 2. The third-order valence-electron chi connectivity index (χ3n) is 5.83. The zero-order chi connectivity index (χ0) is 23.4. The quantitative estimate of drug-likeness (QED) is 0.282. The van der Waals surface area contributed by atoms with Crippen LogP contribution in [0.2, 0.25) is 10.0 Å². The molecule has 3 aromatic heterocycles. The van der Waals surface area contributed by atoms with E-state index in [0.717, 1.165) is 22.4 Å². The summed E-state index contributed by atoms with van der Waals surface area (Å²) in [4.78, 5) is 13.2. The molecule has 0 saturated carbocycles. The molecule has 168 valence electrons. The Morgan fingerprint density at radius 1 is 1.00 bits per heavy atom. The molecule has 0 amide bonds. The number of hydrogen-bond donors (Lipinski definition) is 0. The maximum atomic E-state index is 14.2. The minimum absolute atomic E-state index is 0.134. The second-order valence-corrected chi connectivity index (χ2v) is 8.56. The van der Waals surface area contributed by atoms with Gasteiger partial charge in [0.2, 0.25) is 0 Å². The van der Waals surface area contributed by atoms with Crippen LogP contribution in [0.4, 0.5) is 8.78 Å². The summed E-state index contributed by atoms with van der Waals surface area (Å²) in [6.45, 7) is -0.119. The summed E-state index contributed by atoms with van der Waals surface area (Å²) >= 11 is 12.4. The molecule has 9 heteroatoms. The van der Waals surface area contributed by atoms with Gasteiger partial charge in [0, 0.05) is 52.3 Å². The van der Waals surface area contributed by atoms with Gasteiger partial charge in [0.15, 0.2) is 0 Å². The van der Waals surface area contributed by atoms with Crippen LogP contribution in [0, 0.1) is 0 Å². The molecule has 0 aliphatic carbocycles. The minimum Gasteiger partial charge on any atom is -0.297 e. The summed E-state index contributed by atoms with van der Waals surface area (Å²) in [5, 5.41) is 6.38. The van der Waals surface area contributed by atoms with Gasteiger partial charge >= 0.3 is 6.55 Å². The lowest BCUT2D eigenvalue weighted by molar-refractivity contribution is 0.0785. The molecule has 33 heavy (non-hydrogen) atoms. The molecule has 5 rings (SSSR count). The highest BCUT2D eigenvalue weighted by molar-refractivity contribution is 6.36. The molecule has 0 N–H and O–H groups in total. The molecule has 5 nitrogen and oxygen atoms in total. The van der Waals surface area contributed by atoms with E-state index in [9.17, 15) is 13.6 Å². The van der Waals surface area contributed by atoms with Gasteiger partial charge in [-0.15, -0.1) is 0 Å². The standard InChI is InChI=1S/C24H18Cl2F2N4O/c1-3-31-9-8-20(29-31)13-4-7-21-16(10-13)17-12-18(15-6-5-14(25)11-19(15)26)23(33)30(2)22(17)32(21)24(27)28/h4-12,24H,3H2,1-2H3. The molecule has 0 atom stereocenters. The molecular formula is C24H18Cl2F2N4O. The van der Waals surface area contributed by atoms with Gasteiger partial charge in [0.05, 0.1) is 16.2 Å². The highest BCUT2D eigenvalue weighted by Crippen LogP contribution is 2.37.